The Labute approximate surface area is 127 Å². The second-order valence-electron chi connectivity index (χ2n) is 6.37. The zero-order valence-corrected chi connectivity index (χ0v) is 13.5. The second-order valence-corrected chi connectivity index (χ2v) is 6.37. The molecule has 0 radical (unpaired) electrons. The van der Waals surface area contributed by atoms with Gasteiger partial charge in [-0.1, -0.05) is 13.8 Å². The normalized spacial score (nSPS) is 18.9. The lowest BCUT2D eigenvalue weighted by Gasteiger charge is -2.32. The van der Waals surface area contributed by atoms with Crippen LogP contribution in [0.3, 0.4) is 0 Å². The minimum Gasteiger partial charge on any atom is -0.356 e. The van der Waals surface area contributed by atoms with Gasteiger partial charge < -0.3 is 10.2 Å². The molecule has 116 valence electrons. The van der Waals surface area contributed by atoms with E-state index in [4.69, 9.17) is 0 Å². The van der Waals surface area contributed by atoms with E-state index in [9.17, 15) is 4.79 Å². The van der Waals surface area contributed by atoms with E-state index in [1.807, 2.05) is 19.9 Å². The standard InChI is InChI=1S/C16H26N4O/c1-11(2)9-17-15(21)14-6-5-7-20(10-14)16-18-12(3)8-13(4)19-16/h8,11,14H,5-7,9-10H2,1-4H3,(H,17,21). The molecule has 0 aromatic carbocycles. The molecule has 0 spiro atoms. The zero-order chi connectivity index (χ0) is 15.4. The van der Waals surface area contributed by atoms with Crippen molar-refractivity contribution in [2.24, 2.45) is 11.8 Å². The predicted molar refractivity (Wildman–Crippen MR) is 84.3 cm³/mol. The topological polar surface area (TPSA) is 58.1 Å². The second kappa shape index (κ2) is 6.87. The van der Waals surface area contributed by atoms with Crippen molar-refractivity contribution < 1.29 is 4.79 Å². The van der Waals surface area contributed by atoms with E-state index in [0.29, 0.717) is 12.5 Å². The summed E-state index contributed by atoms with van der Waals surface area (Å²) in [5.74, 6) is 1.45. The Morgan fingerprint density at radius 2 is 2.05 bits per heavy atom. The van der Waals surface area contributed by atoms with Crippen LogP contribution in [0.25, 0.3) is 0 Å². The Balaban J connectivity index is 2.01. The molecule has 2 rings (SSSR count). The van der Waals surface area contributed by atoms with E-state index < -0.39 is 0 Å². The average Bonchev–Trinajstić information content (AvgIpc) is 2.44. The van der Waals surface area contributed by atoms with Crippen molar-refractivity contribution in [2.45, 2.75) is 40.5 Å². The molecule has 5 heteroatoms. The molecule has 2 heterocycles. The summed E-state index contributed by atoms with van der Waals surface area (Å²) in [7, 11) is 0. The maximum atomic E-state index is 12.2. The molecule has 1 aromatic rings. The Hall–Kier alpha value is -1.65. The molecule has 5 nitrogen and oxygen atoms in total. The van der Waals surface area contributed by atoms with E-state index >= 15 is 0 Å². The minimum atomic E-state index is 0.0434. The third kappa shape index (κ3) is 4.41. The van der Waals surface area contributed by atoms with Gasteiger partial charge in [-0.2, -0.15) is 0 Å². The highest BCUT2D eigenvalue weighted by atomic mass is 16.1. The van der Waals surface area contributed by atoms with Gasteiger partial charge in [0.25, 0.3) is 0 Å². The molecule has 1 aromatic heterocycles. The molecule has 1 aliphatic rings. The molecule has 21 heavy (non-hydrogen) atoms. The molecular formula is C16H26N4O. The Kier molecular flexibility index (Phi) is 5.15. The lowest BCUT2D eigenvalue weighted by molar-refractivity contribution is -0.125. The average molecular weight is 290 g/mol. The van der Waals surface area contributed by atoms with Crippen molar-refractivity contribution in [1.29, 1.82) is 0 Å². The van der Waals surface area contributed by atoms with Gasteiger partial charge in [-0.15, -0.1) is 0 Å². The zero-order valence-electron chi connectivity index (χ0n) is 13.5. The first kappa shape index (κ1) is 15.7. The highest BCUT2D eigenvalue weighted by Crippen LogP contribution is 2.21. The molecule has 1 atom stereocenters. The van der Waals surface area contributed by atoms with Gasteiger partial charge in [0, 0.05) is 31.0 Å². The fourth-order valence-electron chi connectivity index (χ4n) is 2.67. The molecule has 1 saturated heterocycles. The van der Waals surface area contributed by atoms with E-state index in [1.54, 1.807) is 0 Å². The molecule has 1 unspecified atom stereocenters. The van der Waals surface area contributed by atoms with Crippen LogP contribution >= 0.6 is 0 Å². The van der Waals surface area contributed by atoms with E-state index in [1.165, 1.54) is 0 Å². The van der Waals surface area contributed by atoms with Crippen molar-refractivity contribution in [3.8, 4) is 0 Å². The minimum absolute atomic E-state index is 0.0434. The first-order valence-electron chi connectivity index (χ1n) is 7.80. The molecular weight excluding hydrogens is 264 g/mol. The molecule has 0 bridgehead atoms. The number of rotatable bonds is 4. The maximum Gasteiger partial charge on any atom is 0.225 e. The van der Waals surface area contributed by atoms with Crippen molar-refractivity contribution in [3.63, 3.8) is 0 Å². The Morgan fingerprint density at radius 3 is 2.67 bits per heavy atom. The summed E-state index contributed by atoms with van der Waals surface area (Å²) in [6, 6.07) is 1.97. The summed E-state index contributed by atoms with van der Waals surface area (Å²) in [6.45, 7) is 10.6. The number of hydrogen-bond donors (Lipinski definition) is 1. The van der Waals surface area contributed by atoms with Gasteiger partial charge in [-0.05, 0) is 38.7 Å². The lowest BCUT2D eigenvalue weighted by Crippen LogP contribution is -2.44. The summed E-state index contributed by atoms with van der Waals surface area (Å²) in [4.78, 5) is 23.4. The number of nitrogens with one attached hydrogen (secondary N) is 1. The van der Waals surface area contributed by atoms with Gasteiger partial charge in [0.15, 0.2) is 0 Å². The van der Waals surface area contributed by atoms with Crippen molar-refractivity contribution in [3.05, 3.63) is 17.5 Å². The van der Waals surface area contributed by atoms with E-state index in [0.717, 1.165) is 43.3 Å². The number of hydrogen-bond acceptors (Lipinski definition) is 4. The van der Waals surface area contributed by atoms with Crippen molar-refractivity contribution >= 4 is 11.9 Å². The molecule has 1 aliphatic heterocycles. The van der Waals surface area contributed by atoms with Crippen LogP contribution in [-0.4, -0.2) is 35.5 Å². The lowest BCUT2D eigenvalue weighted by atomic mass is 9.97. The summed E-state index contributed by atoms with van der Waals surface area (Å²) in [6.07, 6.45) is 1.96. The fraction of sp³-hybridized carbons (Fsp3) is 0.688. The number of amides is 1. The van der Waals surface area contributed by atoms with Gasteiger partial charge in [-0.25, -0.2) is 9.97 Å². The van der Waals surface area contributed by atoms with Crippen LogP contribution in [0.5, 0.6) is 0 Å². The first-order chi connectivity index (χ1) is 9.95. The third-order valence-corrected chi connectivity index (χ3v) is 3.73. The monoisotopic (exact) mass is 290 g/mol. The van der Waals surface area contributed by atoms with Crippen molar-refractivity contribution in [2.75, 3.05) is 24.5 Å². The third-order valence-electron chi connectivity index (χ3n) is 3.73. The van der Waals surface area contributed by atoms with Crippen LogP contribution < -0.4 is 10.2 Å². The van der Waals surface area contributed by atoms with Gasteiger partial charge in [0.05, 0.1) is 5.92 Å². The van der Waals surface area contributed by atoms with Crippen molar-refractivity contribution in [1.82, 2.24) is 15.3 Å². The molecule has 0 saturated carbocycles. The number of carbonyl (C=O) groups is 1. The highest BCUT2D eigenvalue weighted by molar-refractivity contribution is 5.79. The van der Waals surface area contributed by atoms with Gasteiger partial charge in [-0.3, -0.25) is 4.79 Å². The smallest absolute Gasteiger partial charge is 0.225 e. The Bertz CT molecular complexity index is 481. The number of anilines is 1. The fourth-order valence-corrected chi connectivity index (χ4v) is 2.67. The number of carbonyl (C=O) groups excluding carboxylic acids is 1. The summed E-state index contributed by atoms with van der Waals surface area (Å²) >= 11 is 0. The molecule has 0 aliphatic carbocycles. The van der Waals surface area contributed by atoms with E-state index in [-0.39, 0.29) is 11.8 Å². The predicted octanol–water partition coefficient (Wildman–Crippen LogP) is 2.08. The van der Waals surface area contributed by atoms with E-state index in [2.05, 4.69) is 34.0 Å². The number of aryl methyl sites for hydroxylation is 2. The van der Waals surface area contributed by atoms with Gasteiger partial charge in [0.1, 0.15) is 0 Å². The quantitative estimate of drug-likeness (QED) is 0.922. The summed E-state index contributed by atoms with van der Waals surface area (Å²) in [5.41, 5.74) is 1.95. The largest absolute Gasteiger partial charge is 0.356 e. The molecule has 1 N–H and O–H groups in total. The van der Waals surface area contributed by atoms with Crippen LogP contribution in [-0.2, 0) is 4.79 Å². The van der Waals surface area contributed by atoms with Gasteiger partial charge in [0.2, 0.25) is 11.9 Å². The molecule has 1 fully saturated rings. The number of piperidine rings is 1. The first-order valence-corrected chi connectivity index (χ1v) is 7.80. The van der Waals surface area contributed by atoms with Crippen LogP contribution in [0.4, 0.5) is 5.95 Å². The van der Waals surface area contributed by atoms with Crippen LogP contribution in [0, 0.1) is 25.7 Å². The molecule has 1 amide bonds. The number of nitrogens with zero attached hydrogens (tertiary/aromatic N) is 3. The Morgan fingerprint density at radius 1 is 1.38 bits per heavy atom. The van der Waals surface area contributed by atoms with Crippen LogP contribution in [0.2, 0.25) is 0 Å². The summed E-state index contributed by atoms with van der Waals surface area (Å²) in [5, 5.41) is 3.04. The van der Waals surface area contributed by atoms with Gasteiger partial charge >= 0.3 is 0 Å². The summed E-state index contributed by atoms with van der Waals surface area (Å²) < 4.78 is 0. The highest BCUT2D eigenvalue weighted by Gasteiger charge is 2.27. The maximum absolute atomic E-state index is 12.2. The number of aromatic nitrogens is 2. The van der Waals surface area contributed by atoms with Crippen LogP contribution in [0.1, 0.15) is 38.1 Å². The SMILES string of the molecule is Cc1cc(C)nc(N2CCCC(C(=O)NCC(C)C)C2)n1. The van der Waals surface area contributed by atoms with Crippen LogP contribution in [0.15, 0.2) is 6.07 Å².